The number of esters is 4. The molecule has 19 heteroatoms. The second-order valence-electron chi connectivity index (χ2n) is 30.2. The van der Waals surface area contributed by atoms with Gasteiger partial charge in [0.1, 0.15) is 19.3 Å². The molecule has 0 aliphatic carbocycles. The molecular formula is C84H164O17P2. The molecule has 0 fully saturated rings. The first-order chi connectivity index (χ1) is 50.2. The number of aliphatic hydroxyl groups excluding tert-OH is 1. The van der Waals surface area contributed by atoms with Crippen molar-refractivity contribution >= 4 is 39.5 Å². The Morgan fingerprint density at radius 2 is 0.388 bits per heavy atom. The van der Waals surface area contributed by atoms with E-state index in [-0.39, 0.29) is 25.7 Å². The molecule has 0 amide bonds. The molecule has 0 aromatic rings. The number of unbranched alkanes of at least 4 members (excludes halogenated alkanes) is 59. The van der Waals surface area contributed by atoms with Crippen molar-refractivity contribution in [2.75, 3.05) is 39.6 Å². The van der Waals surface area contributed by atoms with Crippen molar-refractivity contribution in [2.45, 2.75) is 476 Å². The zero-order valence-electron chi connectivity index (χ0n) is 67.3. The highest BCUT2D eigenvalue weighted by molar-refractivity contribution is 7.47. The number of ether oxygens (including phenoxy) is 4. The van der Waals surface area contributed by atoms with E-state index in [1.54, 1.807) is 0 Å². The van der Waals surface area contributed by atoms with E-state index in [1.165, 1.54) is 276 Å². The first kappa shape index (κ1) is 101. The third-order valence-corrected chi connectivity index (χ3v) is 21.8. The lowest BCUT2D eigenvalue weighted by molar-refractivity contribution is -0.161. The molecule has 2 unspecified atom stereocenters. The maximum atomic E-state index is 13.1. The average Bonchev–Trinajstić information content (AvgIpc) is 0.974. The van der Waals surface area contributed by atoms with Crippen LogP contribution in [0.2, 0.25) is 0 Å². The number of carbonyl (C=O) groups is 4. The van der Waals surface area contributed by atoms with Gasteiger partial charge in [0, 0.05) is 25.7 Å². The molecule has 0 spiro atoms. The highest BCUT2D eigenvalue weighted by Crippen LogP contribution is 2.45. The summed E-state index contributed by atoms with van der Waals surface area (Å²) in [5, 5.41) is 10.6. The van der Waals surface area contributed by atoms with E-state index in [1.807, 2.05) is 0 Å². The van der Waals surface area contributed by atoms with Crippen LogP contribution in [-0.2, 0) is 65.4 Å². The van der Waals surface area contributed by atoms with Crippen molar-refractivity contribution in [2.24, 2.45) is 0 Å². The van der Waals surface area contributed by atoms with E-state index in [0.717, 1.165) is 103 Å². The van der Waals surface area contributed by atoms with E-state index in [0.29, 0.717) is 25.7 Å². The summed E-state index contributed by atoms with van der Waals surface area (Å²) in [5.41, 5.74) is 0. The van der Waals surface area contributed by atoms with Gasteiger partial charge in [0.25, 0.3) is 0 Å². The summed E-state index contributed by atoms with van der Waals surface area (Å²) in [6, 6.07) is 0. The lowest BCUT2D eigenvalue weighted by atomic mass is 10.0. The minimum Gasteiger partial charge on any atom is -0.462 e. The van der Waals surface area contributed by atoms with Gasteiger partial charge in [-0.25, -0.2) is 9.13 Å². The van der Waals surface area contributed by atoms with Gasteiger partial charge in [-0.1, -0.05) is 407 Å². The molecule has 0 radical (unpaired) electrons. The van der Waals surface area contributed by atoms with Crippen LogP contribution in [0.3, 0.4) is 0 Å². The number of hydrogen-bond acceptors (Lipinski definition) is 15. The molecule has 17 nitrogen and oxygen atoms in total. The molecule has 0 heterocycles. The maximum Gasteiger partial charge on any atom is 0.472 e. The number of aliphatic hydroxyl groups is 1. The second kappa shape index (κ2) is 78.2. The van der Waals surface area contributed by atoms with E-state index < -0.39 is 97.5 Å². The van der Waals surface area contributed by atoms with Crippen LogP contribution < -0.4 is 0 Å². The first-order valence-electron chi connectivity index (χ1n) is 43.8. The van der Waals surface area contributed by atoms with E-state index >= 15 is 0 Å². The highest BCUT2D eigenvalue weighted by Gasteiger charge is 2.30. The van der Waals surface area contributed by atoms with Crippen molar-refractivity contribution in [3.63, 3.8) is 0 Å². The second-order valence-corrected chi connectivity index (χ2v) is 33.1. The molecule has 0 aliphatic rings. The van der Waals surface area contributed by atoms with Gasteiger partial charge >= 0.3 is 39.5 Å². The monoisotopic (exact) mass is 1510 g/mol. The fourth-order valence-electron chi connectivity index (χ4n) is 13.2. The van der Waals surface area contributed by atoms with Gasteiger partial charge in [0.05, 0.1) is 26.4 Å². The van der Waals surface area contributed by atoms with Crippen LogP contribution >= 0.6 is 15.6 Å². The largest absolute Gasteiger partial charge is 0.472 e. The van der Waals surface area contributed by atoms with Crippen molar-refractivity contribution < 1.29 is 80.2 Å². The van der Waals surface area contributed by atoms with Gasteiger partial charge in [0.2, 0.25) is 0 Å². The minimum absolute atomic E-state index is 0.108. The fourth-order valence-corrected chi connectivity index (χ4v) is 14.7. The Labute approximate surface area is 632 Å². The Hall–Kier alpha value is -1.94. The quantitative estimate of drug-likeness (QED) is 0.0222. The Morgan fingerprint density at radius 1 is 0.233 bits per heavy atom. The van der Waals surface area contributed by atoms with Crippen LogP contribution in [-0.4, -0.2) is 96.7 Å². The van der Waals surface area contributed by atoms with Crippen LogP contribution in [0.5, 0.6) is 0 Å². The van der Waals surface area contributed by atoms with Crippen LogP contribution in [0.15, 0.2) is 0 Å². The Bertz CT molecular complexity index is 1950. The van der Waals surface area contributed by atoms with Crippen LogP contribution in [0.4, 0.5) is 0 Å². The van der Waals surface area contributed by atoms with Crippen molar-refractivity contribution in [3.8, 4) is 0 Å². The molecule has 3 N–H and O–H groups in total. The van der Waals surface area contributed by atoms with Gasteiger partial charge < -0.3 is 33.8 Å². The number of phosphoric acid groups is 2. The number of rotatable bonds is 85. The zero-order chi connectivity index (χ0) is 75.3. The zero-order valence-corrected chi connectivity index (χ0v) is 69.1. The fraction of sp³-hybridized carbons (Fsp3) is 0.952. The van der Waals surface area contributed by atoms with Crippen LogP contribution in [0.1, 0.15) is 458 Å². The van der Waals surface area contributed by atoms with E-state index in [2.05, 4.69) is 27.7 Å². The van der Waals surface area contributed by atoms with E-state index in [9.17, 15) is 43.2 Å². The lowest BCUT2D eigenvalue weighted by Crippen LogP contribution is -2.30. The normalized spacial score (nSPS) is 13.7. The molecule has 0 aliphatic heterocycles. The Balaban J connectivity index is 5.16. The van der Waals surface area contributed by atoms with Gasteiger partial charge in [-0.3, -0.25) is 37.3 Å². The number of phosphoric ester groups is 2. The molecular weight excluding hydrogens is 1340 g/mol. The third kappa shape index (κ3) is 78.0. The van der Waals surface area contributed by atoms with Crippen molar-refractivity contribution in [1.29, 1.82) is 0 Å². The van der Waals surface area contributed by atoms with Crippen molar-refractivity contribution in [3.05, 3.63) is 0 Å². The molecule has 0 rings (SSSR count). The molecule has 0 saturated carbocycles. The standard InChI is InChI=1S/C84H164O17P2/c1-5-9-13-17-21-24-27-30-33-35-37-39-41-43-46-49-52-55-59-63-67-71-84(89)101-80(75-95-82(87)69-65-61-57-53-50-47-45-42-40-38-36-34-31-28-25-22-18-14-10-6-2)77-99-103(92,93)97-73-78(85)72-96-102(90,91)98-76-79(74-94-81(86)68-64-60-56-20-16-12-8-4)100-83(88)70-66-62-58-54-51-48-44-32-29-26-23-19-15-11-7-3/h78-80,85H,5-77H2,1-4H3,(H,90,91)(H,92,93)/t78-,79+,80+/m0/s1. The van der Waals surface area contributed by atoms with Crippen LogP contribution in [0.25, 0.3) is 0 Å². The summed E-state index contributed by atoms with van der Waals surface area (Å²) in [6.45, 7) is 5.00. The Kier molecular flexibility index (Phi) is 76.7. The summed E-state index contributed by atoms with van der Waals surface area (Å²) >= 11 is 0. The molecule has 0 bridgehead atoms. The third-order valence-electron chi connectivity index (χ3n) is 19.9. The highest BCUT2D eigenvalue weighted by atomic mass is 31.2. The molecule has 0 saturated heterocycles. The molecule has 103 heavy (non-hydrogen) atoms. The average molecular weight is 1510 g/mol. The predicted octanol–water partition coefficient (Wildman–Crippen LogP) is 25.7. The Morgan fingerprint density at radius 3 is 0.573 bits per heavy atom. The van der Waals surface area contributed by atoms with Gasteiger partial charge in [-0.2, -0.15) is 0 Å². The van der Waals surface area contributed by atoms with Gasteiger partial charge in [-0.05, 0) is 25.7 Å². The SMILES string of the molecule is CCCCCCCCCCCCCCCCCCCCCCCC(=O)O[C@H](COC(=O)CCCCCCCCCCCCCCCCCCCCCC)COP(=O)(O)OC[C@@H](O)COP(=O)(O)OC[C@@H](COC(=O)CCCCCCCCC)OC(=O)CCCCCCCCCCCCCCCCC. The number of hydrogen-bond donors (Lipinski definition) is 3. The summed E-state index contributed by atoms with van der Waals surface area (Å²) in [6.07, 6.45) is 72.5. The molecule has 0 aromatic heterocycles. The summed E-state index contributed by atoms with van der Waals surface area (Å²) in [5.74, 6) is -2.11. The molecule has 5 atom stereocenters. The summed E-state index contributed by atoms with van der Waals surface area (Å²) < 4.78 is 68.7. The maximum absolute atomic E-state index is 13.1. The number of carbonyl (C=O) groups excluding carboxylic acids is 4. The topological polar surface area (TPSA) is 237 Å². The van der Waals surface area contributed by atoms with E-state index in [4.69, 9.17) is 37.0 Å². The minimum atomic E-state index is -4.96. The van der Waals surface area contributed by atoms with Gasteiger partial charge in [-0.15, -0.1) is 0 Å². The van der Waals surface area contributed by atoms with Crippen molar-refractivity contribution in [1.82, 2.24) is 0 Å². The molecule has 0 aromatic carbocycles. The summed E-state index contributed by atoms with van der Waals surface area (Å²) in [4.78, 5) is 73.0. The van der Waals surface area contributed by atoms with Gasteiger partial charge in [0.15, 0.2) is 12.2 Å². The summed E-state index contributed by atoms with van der Waals surface area (Å²) in [7, 11) is -9.92. The first-order valence-corrected chi connectivity index (χ1v) is 46.8. The predicted molar refractivity (Wildman–Crippen MR) is 423 cm³/mol. The molecule has 612 valence electrons. The smallest absolute Gasteiger partial charge is 0.462 e. The van der Waals surface area contributed by atoms with Crippen LogP contribution in [0, 0.1) is 0 Å². The lowest BCUT2D eigenvalue weighted by Gasteiger charge is -2.21.